The van der Waals surface area contributed by atoms with Gasteiger partial charge in [-0.3, -0.25) is 10.1 Å². The van der Waals surface area contributed by atoms with E-state index in [2.05, 4.69) is 10.3 Å². The first-order chi connectivity index (χ1) is 11.4. The topological polar surface area (TPSA) is 118 Å². The summed E-state index contributed by atoms with van der Waals surface area (Å²) >= 11 is 0. The Morgan fingerprint density at radius 1 is 1.25 bits per heavy atom. The number of aliphatic carboxylic acids is 1. The van der Waals surface area contributed by atoms with Crippen LogP contribution in [0, 0.1) is 0 Å². The summed E-state index contributed by atoms with van der Waals surface area (Å²) in [4.78, 5) is 14.7. The van der Waals surface area contributed by atoms with Crippen molar-refractivity contribution in [2.45, 2.75) is 32.2 Å². The third-order valence-corrected chi connectivity index (χ3v) is 3.25. The smallest absolute Gasteiger partial charge is 0.307 e. The number of nitrogens with two attached hydrogens (primary N) is 1. The summed E-state index contributed by atoms with van der Waals surface area (Å²) in [6.45, 7) is 1.60. The van der Waals surface area contributed by atoms with Gasteiger partial charge in [-0.1, -0.05) is 18.2 Å². The lowest BCUT2D eigenvalue weighted by molar-refractivity contribution is -0.136. The molecular formula is C17H21N3O4. The molecule has 7 nitrogen and oxygen atoms in total. The van der Waals surface area contributed by atoms with Gasteiger partial charge in [-0.15, -0.1) is 0 Å². The van der Waals surface area contributed by atoms with Gasteiger partial charge in [0.25, 0.3) is 0 Å². The lowest BCUT2D eigenvalue weighted by atomic mass is 10.1. The number of aliphatic hydroxyl groups excluding tert-OH is 1. The molecule has 2 rings (SSSR count). The Bertz CT molecular complexity index is 657. The monoisotopic (exact) mass is 331 g/mol. The van der Waals surface area contributed by atoms with Crippen molar-refractivity contribution in [3.05, 3.63) is 53.7 Å². The fraction of sp³-hybridized carbons (Fsp3) is 0.294. The van der Waals surface area contributed by atoms with Gasteiger partial charge in [0.05, 0.1) is 6.42 Å². The van der Waals surface area contributed by atoms with Crippen molar-refractivity contribution in [3.63, 3.8) is 0 Å². The van der Waals surface area contributed by atoms with E-state index in [0.717, 1.165) is 5.56 Å². The minimum atomic E-state index is -0.881. The van der Waals surface area contributed by atoms with Crippen LogP contribution in [0.4, 0.5) is 5.82 Å². The summed E-state index contributed by atoms with van der Waals surface area (Å²) in [5.74, 6) is 0.132. The quantitative estimate of drug-likeness (QED) is 0.536. The molecule has 1 unspecified atom stereocenters. The van der Waals surface area contributed by atoms with Crippen molar-refractivity contribution in [2.75, 3.05) is 5.73 Å². The second-order valence-corrected chi connectivity index (χ2v) is 5.46. The highest BCUT2D eigenvalue weighted by Gasteiger charge is 2.14. The zero-order chi connectivity index (χ0) is 17.5. The zero-order valence-electron chi connectivity index (χ0n) is 13.3. The van der Waals surface area contributed by atoms with Crippen LogP contribution in [0.1, 0.15) is 18.1 Å². The Balaban J connectivity index is 2.04. The molecule has 0 bridgehead atoms. The summed E-state index contributed by atoms with van der Waals surface area (Å²) in [5, 5.41) is 21.3. The SMILES string of the molecule is C[C@@H](O)NC(Cc1ccc(N)nc1)Oc1ccc(CC(=O)O)cc1. The van der Waals surface area contributed by atoms with E-state index in [4.69, 9.17) is 15.6 Å². The number of carboxylic acid groups (broad SMARTS) is 1. The van der Waals surface area contributed by atoms with Gasteiger partial charge in [-0.05, 0) is 36.2 Å². The van der Waals surface area contributed by atoms with E-state index < -0.39 is 18.4 Å². The van der Waals surface area contributed by atoms with Gasteiger partial charge in [0.15, 0.2) is 6.23 Å². The number of ether oxygens (including phenoxy) is 1. The molecule has 0 saturated heterocycles. The highest BCUT2D eigenvalue weighted by Crippen LogP contribution is 2.16. The molecule has 24 heavy (non-hydrogen) atoms. The van der Waals surface area contributed by atoms with Crippen LogP contribution in [-0.2, 0) is 17.6 Å². The number of hydrogen-bond acceptors (Lipinski definition) is 6. The van der Waals surface area contributed by atoms with Crippen molar-refractivity contribution >= 4 is 11.8 Å². The van der Waals surface area contributed by atoms with Crippen molar-refractivity contribution in [1.29, 1.82) is 0 Å². The average Bonchev–Trinajstić information content (AvgIpc) is 2.50. The number of pyridine rings is 1. The van der Waals surface area contributed by atoms with Crippen LogP contribution in [0.25, 0.3) is 0 Å². The van der Waals surface area contributed by atoms with Gasteiger partial charge in [0.1, 0.15) is 17.8 Å². The Morgan fingerprint density at radius 3 is 2.46 bits per heavy atom. The molecule has 0 aliphatic carbocycles. The third-order valence-electron chi connectivity index (χ3n) is 3.25. The molecule has 0 aliphatic heterocycles. The molecule has 1 heterocycles. The fourth-order valence-corrected chi connectivity index (χ4v) is 2.20. The number of carboxylic acids is 1. The number of benzene rings is 1. The predicted octanol–water partition coefficient (Wildman–Crippen LogP) is 1.17. The van der Waals surface area contributed by atoms with E-state index in [1.54, 1.807) is 43.5 Å². The maximum absolute atomic E-state index is 10.7. The first-order valence-electron chi connectivity index (χ1n) is 7.54. The van der Waals surface area contributed by atoms with Gasteiger partial charge in [0, 0.05) is 12.6 Å². The number of anilines is 1. The molecule has 2 atom stereocenters. The zero-order valence-corrected chi connectivity index (χ0v) is 13.3. The summed E-state index contributed by atoms with van der Waals surface area (Å²) in [7, 11) is 0. The number of aromatic nitrogens is 1. The van der Waals surface area contributed by atoms with E-state index in [1.165, 1.54) is 0 Å². The first kappa shape index (κ1) is 17.7. The van der Waals surface area contributed by atoms with Crippen LogP contribution < -0.4 is 15.8 Å². The molecule has 0 radical (unpaired) electrons. The van der Waals surface area contributed by atoms with E-state index in [9.17, 15) is 9.90 Å². The Hall–Kier alpha value is -2.64. The van der Waals surface area contributed by atoms with Crippen molar-refractivity contribution in [1.82, 2.24) is 10.3 Å². The van der Waals surface area contributed by atoms with Crippen molar-refractivity contribution in [3.8, 4) is 5.75 Å². The largest absolute Gasteiger partial charge is 0.481 e. The normalized spacial score (nSPS) is 13.2. The minimum absolute atomic E-state index is 0.0350. The number of carbonyl (C=O) groups is 1. The number of hydrogen-bond donors (Lipinski definition) is 4. The molecular weight excluding hydrogens is 310 g/mol. The Kier molecular flexibility index (Phi) is 6.11. The Labute approximate surface area is 140 Å². The third kappa shape index (κ3) is 5.86. The molecule has 1 aromatic carbocycles. The highest BCUT2D eigenvalue weighted by atomic mass is 16.5. The van der Waals surface area contributed by atoms with E-state index in [1.807, 2.05) is 6.07 Å². The lowest BCUT2D eigenvalue weighted by Crippen LogP contribution is -2.42. The number of rotatable bonds is 8. The van der Waals surface area contributed by atoms with Crippen LogP contribution in [0.2, 0.25) is 0 Å². The molecule has 0 fully saturated rings. The van der Waals surface area contributed by atoms with Crippen LogP contribution in [0.15, 0.2) is 42.6 Å². The van der Waals surface area contributed by atoms with E-state index in [0.29, 0.717) is 23.6 Å². The van der Waals surface area contributed by atoms with Crippen LogP contribution in [0.3, 0.4) is 0 Å². The fourth-order valence-electron chi connectivity index (χ4n) is 2.20. The van der Waals surface area contributed by atoms with Gasteiger partial charge in [0.2, 0.25) is 0 Å². The minimum Gasteiger partial charge on any atom is -0.481 e. The predicted molar refractivity (Wildman–Crippen MR) is 89.4 cm³/mol. The van der Waals surface area contributed by atoms with Gasteiger partial charge >= 0.3 is 5.97 Å². The highest BCUT2D eigenvalue weighted by molar-refractivity contribution is 5.70. The molecule has 1 aromatic heterocycles. The molecule has 128 valence electrons. The van der Waals surface area contributed by atoms with E-state index in [-0.39, 0.29) is 6.42 Å². The van der Waals surface area contributed by atoms with Crippen molar-refractivity contribution < 1.29 is 19.7 Å². The number of nitrogens with zero attached hydrogens (tertiary/aromatic N) is 1. The first-order valence-corrected chi connectivity index (χ1v) is 7.54. The van der Waals surface area contributed by atoms with Gasteiger partial charge in [-0.2, -0.15) is 0 Å². The van der Waals surface area contributed by atoms with Crippen molar-refractivity contribution in [2.24, 2.45) is 0 Å². The molecule has 7 heteroatoms. The van der Waals surface area contributed by atoms with Crippen LogP contribution in [0.5, 0.6) is 5.75 Å². The number of nitrogen functional groups attached to an aromatic ring is 1. The summed E-state index contributed by atoms with van der Waals surface area (Å²) in [6.07, 6.45) is 0.886. The van der Waals surface area contributed by atoms with Gasteiger partial charge in [-0.25, -0.2) is 4.98 Å². The second kappa shape index (κ2) is 8.28. The summed E-state index contributed by atoms with van der Waals surface area (Å²) < 4.78 is 5.84. The van der Waals surface area contributed by atoms with Crippen LogP contribution in [-0.4, -0.2) is 33.6 Å². The summed E-state index contributed by atoms with van der Waals surface area (Å²) in [6, 6.07) is 10.4. The molecule has 0 amide bonds. The maximum atomic E-state index is 10.7. The number of aliphatic hydroxyl groups is 1. The molecule has 0 spiro atoms. The standard InChI is InChI=1S/C17H21N3O4/c1-11(21)20-16(8-13-4-7-15(18)19-10-13)24-14-5-2-12(3-6-14)9-17(22)23/h2-7,10-11,16,20-21H,8-9H2,1H3,(H2,18,19)(H,22,23)/t11-,16?/m1/s1. The molecule has 0 saturated carbocycles. The second-order valence-electron chi connectivity index (χ2n) is 5.46. The lowest BCUT2D eigenvalue weighted by Gasteiger charge is -2.22. The van der Waals surface area contributed by atoms with Crippen LogP contribution >= 0.6 is 0 Å². The molecule has 2 aromatic rings. The van der Waals surface area contributed by atoms with E-state index >= 15 is 0 Å². The summed E-state index contributed by atoms with van der Waals surface area (Å²) in [5.41, 5.74) is 7.17. The number of nitrogens with one attached hydrogen (secondary N) is 1. The molecule has 0 aliphatic rings. The maximum Gasteiger partial charge on any atom is 0.307 e. The Morgan fingerprint density at radius 2 is 1.92 bits per heavy atom. The average molecular weight is 331 g/mol. The van der Waals surface area contributed by atoms with Gasteiger partial charge < -0.3 is 20.7 Å². The molecule has 5 N–H and O–H groups in total.